The fraction of sp³-hybridized carbons (Fsp3) is 0.286. The molecule has 2 heterocycles. The number of halogens is 1. The molecule has 0 unspecified atom stereocenters. The molecular formula is C7H6ClN3O. The van der Waals surface area contributed by atoms with Crippen molar-refractivity contribution in [2.24, 2.45) is 0 Å². The van der Waals surface area contributed by atoms with Crippen molar-refractivity contribution in [3.63, 3.8) is 0 Å². The SMILES string of the molecule is CCc1noc2ncnc(Cl)c12. The van der Waals surface area contributed by atoms with Gasteiger partial charge >= 0.3 is 0 Å². The maximum Gasteiger partial charge on any atom is 0.262 e. The van der Waals surface area contributed by atoms with Crippen molar-refractivity contribution in [1.82, 2.24) is 15.1 Å². The summed E-state index contributed by atoms with van der Waals surface area (Å²) >= 11 is 5.83. The Hall–Kier alpha value is -1.16. The lowest BCUT2D eigenvalue weighted by atomic mass is 10.2. The first-order valence-electron chi connectivity index (χ1n) is 3.57. The van der Waals surface area contributed by atoms with E-state index in [0.29, 0.717) is 10.9 Å². The van der Waals surface area contributed by atoms with Crippen LogP contribution in [0.15, 0.2) is 10.9 Å². The highest BCUT2D eigenvalue weighted by atomic mass is 35.5. The van der Waals surface area contributed by atoms with E-state index in [0.717, 1.165) is 17.5 Å². The Labute approximate surface area is 73.6 Å². The molecule has 2 rings (SSSR count). The maximum absolute atomic E-state index is 5.83. The fourth-order valence-electron chi connectivity index (χ4n) is 1.05. The van der Waals surface area contributed by atoms with Crippen LogP contribution in [0.4, 0.5) is 0 Å². The van der Waals surface area contributed by atoms with Crippen molar-refractivity contribution in [2.75, 3.05) is 0 Å². The van der Waals surface area contributed by atoms with Crippen molar-refractivity contribution in [3.05, 3.63) is 17.2 Å². The van der Waals surface area contributed by atoms with Gasteiger partial charge in [-0.05, 0) is 6.42 Å². The standard InChI is InChI=1S/C7H6ClN3O/c1-2-4-5-6(8)9-3-10-7(5)12-11-4/h3H,2H2,1H3. The Kier molecular flexibility index (Phi) is 1.69. The quantitative estimate of drug-likeness (QED) is 0.633. The van der Waals surface area contributed by atoms with Gasteiger partial charge in [0, 0.05) is 0 Å². The minimum atomic E-state index is 0.401. The highest BCUT2D eigenvalue weighted by molar-refractivity contribution is 6.34. The van der Waals surface area contributed by atoms with Crippen LogP contribution in [0.5, 0.6) is 0 Å². The molecule has 0 aliphatic heterocycles. The average Bonchev–Trinajstić information content (AvgIpc) is 2.49. The molecule has 0 aromatic carbocycles. The van der Waals surface area contributed by atoms with Crippen LogP contribution in [0.3, 0.4) is 0 Å². The van der Waals surface area contributed by atoms with Gasteiger partial charge in [-0.1, -0.05) is 23.7 Å². The lowest BCUT2D eigenvalue weighted by Gasteiger charge is -1.89. The molecule has 0 fully saturated rings. The summed E-state index contributed by atoms with van der Waals surface area (Å²) in [7, 11) is 0. The zero-order chi connectivity index (χ0) is 8.55. The molecule has 0 radical (unpaired) electrons. The summed E-state index contributed by atoms with van der Waals surface area (Å²) in [6.45, 7) is 1.97. The van der Waals surface area contributed by atoms with Crippen LogP contribution >= 0.6 is 11.6 Å². The summed E-state index contributed by atoms with van der Waals surface area (Å²) in [5.41, 5.74) is 1.25. The molecule has 5 heteroatoms. The largest absolute Gasteiger partial charge is 0.335 e. The van der Waals surface area contributed by atoms with Crippen molar-refractivity contribution in [2.45, 2.75) is 13.3 Å². The zero-order valence-electron chi connectivity index (χ0n) is 6.41. The summed E-state index contributed by atoms with van der Waals surface area (Å²) < 4.78 is 4.94. The van der Waals surface area contributed by atoms with Crippen LogP contribution in [-0.4, -0.2) is 15.1 Å². The molecule has 4 nitrogen and oxygen atoms in total. The zero-order valence-corrected chi connectivity index (χ0v) is 7.17. The van der Waals surface area contributed by atoms with Crippen LogP contribution in [0.2, 0.25) is 5.15 Å². The topological polar surface area (TPSA) is 51.8 Å². The van der Waals surface area contributed by atoms with Crippen molar-refractivity contribution in [3.8, 4) is 0 Å². The summed E-state index contributed by atoms with van der Waals surface area (Å²) in [6, 6.07) is 0. The minimum Gasteiger partial charge on any atom is -0.335 e. The van der Waals surface area contributed by atoms with Gasteiger partial charge in [-0.2, -0.15) is 4.98 Å². The number of hydrogen-bond donors (Lipinski definition) is 0. The third-order valence-electron chi connectivity index (χ3n) is 1.63. The van der Waals surface area contributed by atoms with E-state index in [1.165, 1.54) is 6.33 Å². The second-order valence-corrected chi connectivity index (χ2v) is 2.69. The number of aryl methyl sites for hydroxylation is 1. The van der Waals surface area contributed by atoms with E-state index in [-0.39, 0.29) is 0 Å². The molecule has 0 saturated heterocycles. The lowest BCUT2D eigenvalue weighted by molar-refractivity contribution is 0.439. The Morgan fingerprint density at radius 3 is 3.08 bits per heavy atom. The monoisotopic (exact) mass is 183 g/mol. The van der Waals surface area contributed by atoms with Crippen molar-refractivity contribution < 1.29 is 4.52 Å². The molecule has 12 heavy (non-hydrogen) atoms. The van der Waals surface area contributed by atoms with Gasteiger partial charge in [0.25, 0.3) is 5.71 Å². The van der Waals surface area contributed by atoms with Gasteiger partial charge in [-0.15, -0.1) is 0 Å². The average molecular weight is 184 g/mol. The Bertz CT molecular complexity index is 412. The molecule has 62 valence electrons. The molecule has 0 aliphatic rings. The van der Waals surface area contributed by atoms with E-state index in [1.54, 1.807) is 0 Å². The highest BCUT2D eigenvalue weighted by Crippen LogP contribution is 2.22. The summed E-state index contributed by atoms with van der Waals surface area (Å²) in [5, 5.41) is 4.94. The summed E-state index contributed by atoms with van der Waals surface area (Å²) in [6.07, 6.45) is 2.12. The van der Waals surface area contributed by atoms with Gasteiger partial charge < -0.3 is 4.52 Å². The van der Waals surface area contributed by atoms with E-state index in [2.05, 4.69) is 15.1 Å². The van der Waals surface area contributed by atoms with Gasteiger partial charge in [0.1, 0.15) is 16.9 Å². The molecule has 0 saturated carbocycles. The van der Waals surface area contributed by atoms with Gasteiger partial charge in [0.15, 0.2) is 0 Å². The van der Waals surface area contributed by atoms with Crippen molar-refractivity contribution >= 4 is 22.7 Å². The summed E-state index contributed by atoms with van der Waals surface area (Å²) in [5.74, 6) is 0. The normalized spacial score (nSPS) is 10.8. The molecule has 0 bridgehead atoms. The fourth-order valence-corrected chi connectivity index (χ4v) is 1.28. The molecule has 0 aliphatic carbocycles. The smallest absolute Gasteiger partial charge is 0.262 e. The van der Waals surface area contributed by atoms with E-state index >= 15 is 0 Å². The summed E-state index contributed by atoms with van der Waals surface area (Å²) in [4.78, 5) is 7.73. The first kappa shape index (κ1) is 7.49. The first-order chi connectivity index (χ1) is 5.83. The Morgan fingerprint density at radius 1 is 1.50 bits per heavy atom. The highest BCUT2D eigenvalue weighted by Gasteiger charge is 2.11. The molecule has 0 amide bonds. The molecule has 0 spiro atoms. The number of aromatic nitrogens is 3. The van der Waals surface area contributed by atoms with Gasteiger partial charge in [-0.25, -0.2) is 4.98 Å². The van der Waals surface area contributed by atoms with Crippen LogP contribution < -0.4 is 0 Å². The molecule has 0 atom stereocenters. The molecule has 0 N–H and O–H groups in total. The van der Waals surface area contributed by atoms with Crippen LogP contribution in [-0.2, 0) is 6.42 Å². The van der Waals surface area contributed by atoms with Crippen LogP contribution in [0, 0.1) is 0 Å². The number of fused-ring (bicyclic) bond motifs is 1. The van der Waals surface area contributed by atoms with Gasteiger partial charge in [-0.3, -0.25) is 0 Å². The lowest BCUT2D eigenvalue weighted by Crippen LogP contribution is -1.83. The number of hydrogen-bond acceptors (Lipinski definition) is 4. The van der Waals surface area contributed by atoms with E-state index < -0.39 is 0 Å². The molecule has 2 aromatic rings. The van der Waals surface area contributed by atoms with E-state index in [9.17, 15) is 0 Å². The van der Waals surface area contributed by atoms with Crippen LogP contribution in [0.25, 0.3) is 11.1 Å². The number of nitrogens with zero attached hydrogens (tertiary/aromatic N) is 3. The first-order valence-corrected chi connectivity index (χ1v) is 3.95. The van der Waals surface area contributed by atoms with Gasteiger partial charge in [0.2, 0.25) is 0 Å². The van der Waals surface area contributed by atoms with Crippen LogP contribution in [0.1, 0.15) is 12.6 Å². The predicted molar refractivity (Wildman–Crippen MR) is 44.0 cm³/mol. The Balaban J connectivity index is 2.83. The number of rotatable bonds is 1. The second kappa shape index (κ2) is 2.71. The van der Waals surface area contributed by atoms with E-state index in [4.69, 9.17) is 16.1 Å². The van der Waals surface area contributed by atoms with Gasteiger partial charge in [0.05, 0.1) is 5.69 Å². The maximum atomic E-state index is 5.83. The second-order valence-electron chi connectivity index (χ2n) is 2.33. The van der Waals surface area contributed by atoms with Crippen molar-refractivity contribution in [1.29, 1.82) is 0 Å². The molecular weight excluding hydrogens is 178 g/mol. The Morgan fingerprint density at radius 2 is 2.33 bits per heavy atom. The minimum absolute atomic E-state index is 0.401. The third kappa shape index (κ3) is 0.956. The predicted octanol–water partition coefficient (Wildman–Crippen LogP) is 1.83. The molecule has 2 aromatic heterocycles. The third-order valence-corrected chi connectivity index (χ3v) is 1.92. The van der Waals surface area contributed by atoms with E-state index in [1.807, 2.05) is 6.92 Å².